The van der Waals surface area contributed by atoms with E-state index in [0.29, 0.717) is 5.92 Å². The molecule has 4 aromatic heterocycles. The van der Waals surface area contributed by atoms with Crippen LogP contribution < -0.4 is 8.79 Å². The number of aromatic nitrogens is 4. The molecule has 10 aromatic rings. The maximum absolute atomic E-state index is 4.90. The van der Waals surface area contributed by atoms with Crippen molar-refractivity contribution < 1.29 is 40.2 Å². The van der Waals surface area contributed by atoms with Gasteiger partial charge in [0.1, 0.15) is 0 Å². The van der Waals surface area contributed by atoms with E-state index in [0.717, 1.165) is 68.8 Å². The maximum Gasteiger partial charge on any atom is 0 e. The Morgan fingerprint density at radius 3 is 1.28 bits per heavy atom. The summed E-state index contributed by atoms with van der Waals surface area (Å²) in [7, 11) is 0. The molecule has 418 valence electrons. The van der Waals surface area contributed by atoms with Crippen LogP contribution in [0.1, 0.15) is 68.0 Å². The Hall–Kier alpha value is -5.70. The molecule has 0 bridgehead atoms. The molecule has 0 aliphatic heterocycles. The number of hydrogen-bond donors (Lipinski definition) is 0. The van der Waals surface area contributed by atoms with Gasteiger partial charge >= 0.3 is 327 Å². The van der Waals surface area contributed by atoms with E-state index >= 15 is 0 Å². The Labute approximate surface area is 517 Å². The molecule has 81 heavy (non-hydrogen) atoms. The minimum absolute atomic E-state index is 0. The molecule has 4 heterocycles. The van der Waals surface area contributed by atoms with Crippen LogP contribution >= 0.6 is 0 Å². The molecule has 0 atom stereocenters. The molecule has 0 amide bonds. The average molecular weight is 1540 g/mol. The minimum atomic E-state index is -1.99. The van der Waals surface area contributed by atoms with Crippen LogP contribution in [-0.4, -0.2) is 46.5 Å². The van der Waals surface area contributed by atoms with Crippen molar-refractivity contribution in [1.29, 1.82) is 0 Å². The first-order valence-corrected chi connectivity index (χ1v) is 42.7. The predicted molar refractivity (Wildman–Crippen MR) is 340 cm³/mol. The number of pyridine rings is 4. The van der Waals surface area contributed by atoms with Gasteiger partial charge in [0.2, 0.25) is 0 Å². The van der Waals surface area contributed by atoms with Gasteiger partial charge in [-0.3, -0.25) is 0 Å². The third kappa shape index (κ3) is 18.9. The van der Waals surface area contributed by atoms with Crippen LogP contribution in [0.3, 0.4) is 0 Å². The van der Waals surface area contributed by atoms with E-state index in [1.54, 1.807) is 14.4 Å². The summed E-state index contributed by atoms with van der Waals surface area (Å²) in [5.41, 5.74) is 18.3. The zero-order valence-electron chi connectivity index (χ0n) is 48.8. The molecule has 8 heteroatoms. The number of nitrogens with zero attached hydrogens (tertiary/aromatic N) is 4. The molecule has 0 unspecified atom stereocenters. The van der Waals surface area contributed by atoms with Gasteiger partial charge in [0.25, 0.3) is 0 Å². The Morgan fingerprint density at radius 2 is 0.864 bits per heavy atom. The molecular formula is C73H76Ge2Ir2N4-4. The van der Waals surface area contributed by atoms with Gasteiger partial charge in [-0.05, 0) is 37.4 Å². The van der Waals surface area contributed by atoms with Gasteiger partial charge < -0.3 is 9.97 Å². The SMILES string of the molecule is CC(C)Cc1cnc(-c2[c-]ccc(-c3ccccc3)c2)c[c]1[Ge]([CH3])([CH3])[CH3].Cc1cccc(-c2[c-]cccc2)n1.Cc1cccc(-c2[c-]cccc2)n1.[CH3][Ge]([CH3])([CH3])[c]1cc(-c2[c-]ccc(-c3ccccc3)c2)ncc1C1CCCC1.[Ir].[Ir]. The van der Waals surface area contributed by atoms with E-state index in [2.05, 4.69) is 192 Å². The summed E-state index contributed by atoms with van der Waals surface area (Å²) >= 11 is -3.96. The minimum Gasteiger partial charge on any atom is 0 e. The smallest absolute Gasteiger partial charge is 0 e. The molecular weight excluding hydrogens is 1460 g/mol. The molecule has 11 rings (SSSR count). The number of aryl methyl sites for hydroxylation is 2. The monoisotopic (exact) mass is 1540 g/mol. The summed E-state index contributed by atoms with van der Waals surface area (Å²) in [6.07, 6.45) is 10.8. The van der Waals surface area contributed by atoms with Crippen LogP contribution in [0.15, 0.2) is 207 Å². The quantitative estimate of drug-likeness (QED) is 0.0957. The van der Waals surface area contributed by atoms with E-state index in [1.807, 2.05) is 111 Å². The molecule has 1 aliphatic rings. The number of rotatable bonds is 11. The first kappa shape index (κ1) is 64.5. The normalized spacial score (nSPS) is 12.0. The van der Waals surface area contributed by atoms with Gasteiger partial charge in [-0.2, -0.15) is 0 Å². The van der Waals surface area contributed by atoms with Crippen molar-refractivity contribution in [3.05, 3.63) is 253 Å². The summed E-state index contributed by atoms with van der Waals surface area (Å²) in [5.74, 6) is 16.3. The molecule has 1 aliphatic carbocycles. The second-order valence-electron chi connectivity index (χ2n) is 23.1. The zero-order chi connectivity index (χ0) is 55.8. The topological polar surface area (TPSA) is 51.6 Å². The molecule has 0 saturated heterocycles. The van der Waals surface area contributed by atoms with Crippen molar-refractivity contribution in [2.45, 2.75) is 100 Å². The van der Waals surface area contributed by atoms with Gasteiger partial charge in [-0.25, -0.2) is 0 Å². The molecule has 6 aromatic carbocycles. The fourth-order valence-electron chi connectivity index (χ4n) is 10.1. The van der Waals surface area contributed by atoms with Crippen molar-refractivity contribution in [3.63, 3.8) is 0 Å². The van der Waals surface area contributed by atoms with Crippen molar-refractivity contribution in [3.8, 4) is 67.3 Å². The summed E-state index contributed by atoms with van der Waals surface area (Å²) in [6, 6.07) is 79.4. The molecule has 0 N–H and O–H groups in total. The van der Waals surface area contributed by atoms with Crippen molar-refractivity contribution in [2.24, 2.45) is 5.92 Å². The third-order valence-corrected chi connectivity index (χ3v) is 22.7. The Morgan fingerprint density at radius 1 is 0.432 bits per heavy atom. The molecule has 2 radical (unpaired) electrons. The number of hydrogen-bond acceptors (Lipinski definition) is 4. The fraction of sp³-hybridized carbons (Fsp3) is 0.233. The Balaban J connectivity index is 0.000000181. The van der Waals surface area contributed by atoms with Crippen LogP contribution in [0.25, 0.3) is 67.3 Å². The first-order chi connectivity index (χ1) is 38.1. The van der Waals surface area contributed by atoms with Gasteiger partial charge in [0.15, 0.2) is 0 Å². The van der Waals surface area contributed by atoms with Crippen LogP contribution in [0, 0.1) is 44.0 Å². The number of benzene rings is 6. The van der Waals surface area contributed by atoms with Crippen LogP contribution in [0.5, 0.6) is 0 Å². The summed E-state index contributed by atoms with van der Waals surface area (Å²) in [6.45, 7) is 8.55. The molecule has 1 fully saturated rings. The third-order valence-electron chi connectivity index (χ3n) is 14.1. The van der Waals surface area contributed by atoms with E-state index < -0.39 is 26.5 Å². The van der Waals surface area contributed by atoms with Gasteiger partial charge in [0, 0.05) is 51.6 Å². The average Bonchev–Trinajstić information content (AvgIpc) is 4.06. The van der Waals surface area contributed by atoms with Crippen LogP contribution in [0.2, 0.25) is 34.5 Å². The first-order valence-electron chi connectivity index (χ1n) is 28.1. The van der Waals surface area contributed by atoms with E-state index in [-0.39, 0.29) is 40.2 Å². The van der Waals surface area contributed by atoms with Crippen LogP contribution in [-0.2, 0) is 46.6 Å². The standard InChI is InChI=1S/C25H28GeN.C24H28GeN.2C12H10N.2Ir/c1-26(2,3)24-17-25(27-18-23(24)20-12-7-8-13-20)22-15-9-14-21(16-22)19-10-5-4-6-11-19;1-18(2)14-22-17-26-24(16-23(22)25(3,4)5)21-13-9-12-20(15-21)19-10-7-6-8-11-19;2*1-10-6-5-9-12(13-10)11-7-3-2-4-8-11;;/h4-6,9-11,14,16-18,20H,7-8,12-13H2,1-3H3;6-12,15-18H,14H2,1-5H3;2*2-7,9H,1H3;;/q4*-1;;. The molecule has 1 saturated carbocycles. The molecule has 4 nitrogen and oxygen atoms in total. The predicted octanol–water partition coefficient (Wildman–Crippen LogP) is 18.1. The van der Waals surface area contributed by atoms with Crippen molar-refractivity contribution in [1.82, 2.24) is 19.9 Å². The largest absolute Gasteiger partial charge is 0 e. The second-order valence-corrected chi connectivity index (χ2v) is 44.2. The van der Waals surface area contributed by atoms with E-state index in [4.69, 9.17) is 9.97 Å². The zero-order valence-corrected chi connectivity index (χ0v) is 57.8. The van der Waals surface area contributed by atoms with Gasteiger partial charge in [0.05, 0.1) is 0 Å². The van der Waals surface area contributed by atoms with Gasteiger partial charge in [-0.1, -0.05) is 24.3 Å². The Bertz CT molecular complexity index is 3420. The van der Waals surface area contributed by atoms with E-state index in [1.165, 1.54) is 53.5 Å². The fourth-order valence-corrected chi connectivity index (χ4v) is 17.2. The summed E-state index contributed by atoms with van der Waals surface area (Å²) in [5, 5.41) is 0. The Kier molecular flexibility index (Phi) is 24.8. The van der Waals surface area contributed by atoms with Gasteiger partial charge in [-0.15, -0.1) is 71.8 Å². The second kappa shape index (κ2) is 31.1. The summed E-state index contributed by atoms with van der Waals surface area (Å²) in [4.78, 5) is 18.5. The maximum atomic E-state index is 4.90. The van der Waals surface area contributed by atoms with Crippen LogP contribution in [0.4, 0.5) is 0 Å². The van der Waals surface area contributed by atoms with Crippen molar-refractivity contribution in [2.75, 3.05) is 0 Å². The summed E-state index contributed by atoms with van der Waals surface area (Å²) < 4.78 is 3.20. The van der Waals surface area contributed by atoms with E-state index in [9.17, 15) is 0 Å². The molecule has 0 spiro atoms. The van der Waals surface area contributed by atoms with Crippen molar-refractivity contribution >= 4 is 35.3 Å².